The van der Waals surface area contributed by atoms with Crippen molar-refractivity contribution in [3.05, 3.63) is 65.2 Å². The summed E-state index contributed by atoms with van der Waals surface area (Å²) in [6.45, 7) is 2.36. The van der Waals surface area contributed by atoms with Crippen molar-refractivity contribution < 1.29 is 9.53 Å². The fraction of sp³-hybridized carbons (Fsp3) is 0.500. The number of hydrogen-bond donors (Lipinski definition) is 0. The highest BCUT2D eigenvalue weighted by Gasteiger charge is 2.43. The number of likely N-dealkylation sites (tertiary alicyclic amines) is 1. The Labute approximate surface area is 174 Å². The van der Waals surface area contributed by atoms with Crippen LogP contribution < -0.4 is 4.74 Å². The van der Waals surface area contributed by atoms with E-state index < -0.39 is 0 Å². The number of carbonyl (C=O) groups is 1. The van der Waals surface area contributed by atoms with Crippen LogP contribution in [-0.4, -0.2) is 36.9 Å². The van der Waals surface area contributed by atoms with E-state index in [0.717, 1.165) is 47.6 Å². The van der Waals surface area contributed by atoms with Crippen LogP contribution in [-0.2, 0) is 0 Å². The summed E-state index contributed by atoms with van der Waals surface area (Å²) in [4.78, 5) is 15.7. The average molecular weight is 390 g/mol. The third kappa shape index (κ3) is 3.61. The molecular formula is C26H31NO2. The lowest BCUT2D eigenvalue weighted by Gasteiger charge is -2.40. The summed E-state index contributed by atoms with van der Waals surface area (Å²) < 4.78 is 5.68. The molecule has 1 aliphatic heterocycles. The summed E-state index contributed by atoms with van der Waals surface area (Å²) in [5, 5.41) is 0. The van der Waals surface area contributed by atoms with E-state index in [1.54, 1.807) is 7.11 Å². The average Bonchev–Trinajstić information content (AvgIpc) is 3.43. The fourth-order valence-electron chi connectivity index (χ4n) is 6.15. The van der Waals surface area contributed by atoms with Crippen LogP contribution in [0.4, 0.5) is 0 Å². The van der Waals surface area contributed by atoms with E-state index in [2.05, 4.69) is 11.0 Å². The maximum atomic E-state index is 12.9. The van der Waals surface area contributed by atoms with Gasteiger partial charge in [-0.05, 0) is 86.7 Å². The van der Waals surface area contributed by atoms with E-state index in [4.69, 9.17) is 4.74 Å². The SMILES string of the molecule is COc1ccc(C(=O)c2ccccc2)cc1C1CCN([C@H]2CC3CCC2C3)CC1. The number of fused-ring (bicyclic) bond motifs is 2. The molecule has 3 heteroatoms. The quantitative estimate of drug-likeness (QED) is 0.651. The van der Waals surface area contributed by atoms with Crippen LogP contribution >= 0.6 is 0 Å². The van der Waals surface area contributed by atoms with Crippen molar-refractivity contribution in [2.75, 3.05) is 20.2 Å². The van der Waals surface area contributed by atoms with Gasteiger partial charge >= 0.3 is 0 Å². The number of nitrogens with zero attached hydrogens (tertiary/aromatic N) is 1. The Kier molecular flexibility index (Phi) is 5.17. The predicted octanol–water partition coefficient (Wildman–Crippen LogP) is 5.29. The second kappa shape index (κ2) is 7.95. The van der Waals surface area contributed by atoms with Gasteiger partial charge in [-0.25, -0.2) is 0 Å². The van der Waals surface area contributed by atoms with Crippen molar-refractivity contribution in [2.45, 2.75) is 50.5 Å². The molecule has 3 aliphatic rings. The zero-order valence-electron chi connectivity index (χ0n) is 17.3. The van der Waals surface area contributed by atoms with E-state index in [0.29, 0.717) is 5.92 Å². The molecule has 3 nitrogen and oxygen atoms in total. The normalized spacial score (nSPS) is 27.3. The lowest BCUT2D eigenvalue weighted by Crippen LogP contribution is -2.43. The maximum Gasteiger partial charge on any atom is 0.193 e. The van der Waals surface area contributed by atoms with Gasteiger partial charge in [-0.1, -0.05) is 36.8 Å². The van der Waals surface area contributed by atoms with Gasteiger partial charge < -0.3 is 9.64 Å². The van der Waals surface area contributed by atoms with Crippen LogP contribution in [0.3, 0.4) is 0 Å². The van der Waals surface area contributed by atoms with Gasteiger partial charge in [0.1, 0.15) is 5.75 Å². The number of rotatable bonds is 5. The molecule has 2 bridgehead atoms. The molecule has 1 saturated heterocycles. The van der Waals surface area contributed by atoms with Gasteiger partial charge in [-0.2, -0.15) is 0 Å². The molecular weight excluding hydrogens is 358 g/mol. The monoisotopic (exact) mass is 389 g/mol. The second-order valence-electron chi connectivity index (χ2n) is 9.20. The van der Waals surface area contributed by atoms with E-state index in [1.165, 1.54) is 44.3 Å². The first-order chi connectivity index (χ1) is 14.2. The first kappa shape index (κ1) is 18.9. The molecule has 152 valence electrons. The molecule has 29 heavy (non-hydrogen) atoms. The molecule has 2 aliphatic carbocycles. The second-order valence-corrected chi connectivity index (χ2v) is 9.20. The molecule has 0 aromatic heterocycles. The zero-order valence-corrected chi connectivity index (χ0v) is 17.3. The standard InChI is InChI=1S/C26H31NO2/c1-29-25-10-9-22(26(28)20-5-3-2-4-6-20)17-23(25)19-11-13-27(14-12-19)24-16-18-7-8-21(24)15-18/h2-6,9-10,17-19,21,24H,7-8,11-16H2,1H3/t18?,21?,24-/m0/s1. The van der Waals surface area contributed by atoms with E-state index in [9.17, 15) is 4.79 Å². The highest BCUT2D eigenvalue weighted by atomic mass is 16.5. The predicted molar refractivity (Wildman–Crippen MR) is 116 cm³/mol. The summed E-state index contributed by atoms with van der Waals surface area (Å²) in [6.07, 6.45) is 8.14. The lowest BCUT2D eigenvalue weighted by molar-refractivity contribution is 0.103. The van der Waals surface area contributed by atoms with E-state index in [-0.39, 0.29) is 5.78 Å². The molecule has 0 amide bonds. The molecule has 2 saturated carbocycles. The Morgan fingerprint density at radius 3 is 2.38 bits per heavy atom. The minimum atomic E-state index is 0.0916. The fourth-order valence-corrected chi connectivity index (χ4v) is 6.15. The summed E-state index contributed by atoms with van der Waals surface area (Å²) in [5.74, 6) is 3.45. The lowest BCUT2D eigenvalue weighted by atomic mass is 9.85. The largest absolute Gasteiger partial charge is 0.496 e. The highest BCUT2D eigenvalue weighted by Crippen LogP contribution is 2.48. The molecule has 5 rings (SSSR count). The number of ketones is 1. The van der Waals surface area contributed by atoms with Crippen molar-refractivity contribution in [3.8, 4) is 5.75 Å². The Hall–Kier alpha value is -2.13. The van der Waals surface area contributed by atoms with E-state index >= 15 is 0 Å². The van der Waals surface area contributed by atoms with Gasteiger partial charge in [0.25, 0.3) is 0 Å². The summed E-state index contributed by atoms with van der Waals surface area (Å²) in [6, 6.07) is 16.4. The molecule has 2 aromatic carbocycles. The van der Waals surface area contributed by atoms with Crippen molar-refractivity contribution in [2.24, 2.45) is 11.8 Å². The minimum absolute atomic E-state index is 0.0916. The van der Waals surface area contributed by atoms with Crippen LogP contribution in [0, 0.1) is 11.8 Å². The minimum Gasteiger partial charge on any atom is -0.496 e. The number of hydrogen-bond acceptors (Lipinski definition) is 3. The Morgan fingerprint density at radius 2 is 1.72 bits per heavy atom. The number of carbonyl (C=O) groups excluding carboxylic acids is 1. The molecule has 0 N–H and O–H groups in total. The number of benzene rings is 2. The summed E-state index contributed by atoms with van der Waals surface area (Å²) in [7, 11) is 1.74. The topological polar surface area (TPSA) is 29.5 Å². The summed E-state index contributed by atoms with van der Waals surface area (Å²) in [5.41, 5.74) is 2.72. The molecule has 1 heterocycles. The van der Waals surface area contributed by atoms with Gasteiger partial charge in [-0.3, -0.25) is 4.79 Å². The highest BCUT2D eigenvalue weighted by molar-refractivity contribution is 6.09. The first-order valence-electron chi connectivity index (χ1n) is 11.2. The third-order valence-electron chi connectivity index (χ3n) is 7.67. The molecule has 3 atom stereocenters. The molecule has 0 radical (unpaired) electrons. The van der Waals surface area contributed by atoms with Crippen LogP contribution in [0.1, 0.15) is 65.9 Å². The number of ether oxygens (including phenoxy) is 1. The van der Waals surface area contributed by atoms with Gasteiger partial charge in [0.2, 0.25) is 0 Å². The van der Waals surface area contributed by atoms with Gasteiger partial charge in [-0.15, -0.1) is 0 Å². The van der Waals surface area contributed by atoms with E-state index in [1.807, 2.05) is 42.5 Å². The zero-order chi connectivity index (χ0) is 19.8. The van der Waals surface area contributed by atoms with Crippen LogP contribution in [0.25, 0.3) is 0 Å². The number of methoxy groups -OCH3 is 1. The number of piperidine rings is 1. The Bertz CT molecular complexity index is 870. The van der Waals surface area contributed by atoms with Crippen molar-refractivity contribution >= 4 is 5.78 Å². The smallest absolute Gasteiger partial charge is 0.193 e. The van der Waals surface area contributed by atoms with Crippen molar-refractivity contribution in [3.63, 3.8) is 0 Å². The van der Waals surface area contributed by atoms with Gasteiger partial charge in [0.15, 0.2) is 5.78 Å². The van der Waals surface area contributed by atoms with Gasteiger partial charge in [0.05, 0.1) is 7.11 Å². The Morgan fingerprint density at radius 1 is 0.931 bits per heavy atom. The van der Waals surface area contributed by atoms with Crippen molar-refractivity contribution in [1.29, 1.82) is 0 Å². The third-order valence-corrected chi connectivity index (χ3v) is 7.67. The first-order valence-corrected chi connectivity index (χ1v) is 11.2. The molecule has 2 unspecified atom stereocenters. The van der Waals surface area contributed by atoms with Crippen LogP contribution in [0.5, 0.6) is 5.75 Å². The Balaban J connectivity index is 1.32. The maximum absolute atomic E-state index is 12.9. The van der Waals surface area contributed by atoms with Crippen molar-refractivity contribution in [1.82, 2.24) is 4.90 Å². The molecule has 2 aromatic rings. The molecule has 3 fully saturated rings. The van der Waals surface area contributed by atoms with Gasteiger partial charge in [0, 0.05) is 17.2 Å². The van der Waals surface area contributed by atoms with Crippen LogP contribution in [0.15, 0.2) is 48.5 Å². The van der Waals surface area contributed by atoms with Crippen LogP contribution in [0.2, 0.25) is 0 Å². The molecule has 0 spiro atoms. The summed E-state index contributed by atoms with van der Waals surface area (Å²) >= 11 is 0.